The highest BCUT2D eigenvalue weighted by Gasteiger charge is 2.24. The number of halogens is 2. The van der Waals surface area contributed by atoms with Gasteiger partial charge in [0.15, 0.2) is 0 Å². The van der Waals surface area contributed by atoms with Gasteiger partial charge in [0.05, 0.1) is 16.1 Å². The van der Waals surface area contributed by atoms with Crippen LogP contribution in [0.25, 0.3) is 0 Å². The van der Waals surface area contributed by atoms with E-state index in [-0.39, 0.29) is 11.9 Å². The van der Waals surface area contributed by atoms with Crippen LogP contribution in [-0.4, -0.2) is 44.5 Å². The molecule has 4 nitrogen and oxygen atoms in total. The summed E-state index contributed by atoms with van der Waals surface area (Å²) >= 11 is 12.0. The molecule has 0 unspecified atom stereocenters. The molecule has 1 aliphatic rings. The van der Waals surface area contributed by atoms with E-state index < -0.39 is 0 Å². The molecule has 144 valence electrons. The van der Waals surface area contributed by atoms with Gasteiger partial charge in [0.2, 0.25) is 0 Å². The fourth-order valence-corrected chi connectivity index (χ4v) is 3.73. The van der Waals surface area contributed by atoms with E-state index in [1.54, 1.807) is 18.2 Å². The molecule has 0 bridgehead atoms. The van der Waals surface area contributed by atoms with Crippen molar-refractivity contribution in [1.82, 2.24) is 10.2 Å². The Hall–Kier alpha value is -1.75. The largest absolute Gasteiger partial charge is 0.378 e. The zero-order chi connectivity index (χ0) is 19.4. The summed E-state index contributed by atoms with van der Waals surface area (Å²) in [6, 6.07) is 13.7. The van der Waals surface area contributed by atoms with Crippen LogP contribution in [-0.2, 0) is 0 Å². The van der Waals surface area contributed by atoms with Gasteiger partial charge in [-0.2, -0.15) is 0 Å². The molecule has 2 aromatic rings. The zero-order valence-corrected chi connectivity index (χ0v) is 17.2. The van der Waals surface area contributed by atoms with Crippen molar-refractivity contribution in [2.75, 3.05) is 38.6 Å². The molecule has 1 heterocycles. The number of carbonyl (C=O) groups excluding carboxylic acids is 1. The molecule has 0 aliphatic carbocycles. The Morgan fingerprint density at radius 3 is 2.33 bits per heavy atom. The summed E-state index contributed by atoms with van der Waals surface area (Å²) in [6.07, 6.45) is 2.40. The first-order chi connectivity index (χ1) is 13.0. The Labute approximate surface area is 171 Å². The second-order valence-electron chi connectivity index (χ2n) is 7.08. The lowest BCUT2D eigenvalue weighted by atomic mass is 10.0. The molecular weight excluding hydrogens is 381 g/mol. The predicted octanol–water partition coefficient (Wildman–Crippen LogP) is 4.63. The van der Waals surface area contributed by atoms with E-state index in [1.807, 2.05) is 14.1 Å². The van der Waals surface area contributed by atoms with E-state index in [1.165, 1.54) is 24.1 Å². The summed E-state index contributed by atoms with van der Waals surface area (Å²) in [4.78, 5) is 17.1. The van der Waals surface area contributed by atoms with Gasteiger partial charge in [0, 0.05) is 31.9 Å². The summed E-state index contributed by atoms with van der Waals surface area (Å²) < 4.78 is 0. The third-order valence-corrected chi connectivity index (χ3v) is 5.75. The van der Waals surface area contributed by atoms with Crippen molar-refractivity contribution in [3.8, 4) is 0 Å². The number of hydrogen-bond acceptors (Lipinski definition) is 3. The minimum absolute atomic E-state index is 0.136. The van der Waals surface area contributed by atoms with E-state index in [0.29, 0.717) is 22.2 Å². The molecule has 1 fully saturated rings. The molecule has 2 aromatic carbocycles. The topological polar surface area (TPSA) is 35.6 Å². The fourth-order valence-electron chi connectivity index (χ4n) is 3.43. The van der Waals surface area contributed by atoms with Crippen molar-refractivity contribution >= 4 is 34.8 Å². The van der Waals surface area contributed by atoms with Gasteiger partial charge in [0.25, 0.3) is 5.91 Å². The molecule has 1 aliphatic heterocycles. The van der Waals surface area contributed by atoms with Crippen molar-refractivity contribution in [3.63, 3.8) is 0 Å². The van der Waals surface area contributed by atoms with Crippen LogP contribution >= 0.6 is 23.2 Å². The molecule has 27 heavy (non-hydrogen) atoms. The maximum absolute atomic E-state index is 12.6. The lowest BCUT2D eigenvalue weighted by Crippen LogP contribution is -2.36. The number of nitrogens with one attached hydrogen (secondary N) is 1. The number of amides is 1. The zero-order valence-electron chi connectivity index (χ0n) is 15.7. The molecule has 0 spiro atoms. The Bertz CT molecular complexity index is 787. The number of anilines is 1. The van der Waals surface area contributed by atoms with E-state index in [9.17, 15) is 4.79 Å². The number of hydrogen-bond donors (Lipinski definition) is 1. The van der Waals surface area contributed by atoms with Crippen LogP contribution in [0.5, 0.6) is 0 Å². The smallest absolute Gasteiger partial charge is 0.251 e. The minimum atomic E-state index is -0.136. The molecule has 0 aromatic heterocycles. The average Bonchev–Trinajstić information content (AvgIpc) is 3.19. The highest BCUT2D eigenvalue weighted by molar-refractivity contribution is 6.42. The molecule has 0 radical (unpaired) electrons. The van der Waals surface area contributed by atoms with Crippen LogP contribution in [0, 0.1) is 0 Å². The number of benzene rings is 2. The first kappa shape index (κ1) is 20.0. The second kappa shape index (κ2) is 8.96. The van der Waals surface area contributed by atoms with Crippen LogP contribution in [0.1, 0.15) is 34.8 Å². The summed E-state index contributed by atoms with van der Waals surface area (Å²) in [7, 11) is 4.06. The maximum atomic E-state index is 12.6. The molecule has 1 N–H and O–H groups in total. The Morgan fingerprint density at radius 2 is 1.74 bits per heavy atom. The van der Waals surface area contributed by atoms with Crippen molar-refractivity contribution in [2.24, 2.45) is 0 Å². The quantitative estimate of drug-likeness (QED) is 0.760. The van der Waals surface area contributed by atoms with Crippen LogP contribution in [0.4, 0.5) is 5.69 Å². The Morgan fingerprint density at radius 1 is 1.07 bits per heavy atom. The molecule has 1 saturated heterocycles. The molecule has 1 atom stereocenters. The number of likely N-dealkylation sites (tertiary alicyclic amines) is 1. The van der Waals surface area contributed by atoms with Crippen molar-refractivity contribution in [3.05, 3.63) is 63.6 Å². The van der Waals surface area contributed by atoms with Gasteiger partial charge in [-0.25, -0.2) is 0 Å². The monoisotopic (exact) mass is 405 g/mol. The maximum Gasteiger partial charge on any atom is 0.251 e. The van der Waals surface area contributed by atoms with Crippen LogP contribution in [0.15, 0.2) is 42.5 Å². The molecule has 0 saturated carbocycles. The normalized spacial score (nSPS) is 15.6. The highest BCUT2D eigenvalue weighted by Crippen LogP contribution is 2.27. The Kier molecular flexibility index (Phi) is 6.64. The first-order valence-corrected chi connectivity index (χ1v) is 9.96. The van der Waals surface area contributed by atoms with Gasteiger partial charge in [-0.3, -0.25) is 9.69 Å². The molecular formula is C21H25Cl2N3O. The Balaban J connectivity index is 1.73. The standard InChI is InChI=1S/C21H25Cl2N3O/c1-25(2)17-8-5-15(6-9-17)20(26-11-3-4-12-26)14-24-21(27)16-7-10-18(22)19(23)13-16/h5-10,13,20H,3-4,11-12,14H2,1-2H3,(H,24,27)/t20-/m1/s1. The third kappa shape index (κ3) is 4.95. The van der Waals surface area contributed by atoms with Crippen LogP contribution in [0.2, 0.25) is 10.0 Å². The fraction of sp³-hybridized carbons (Fsp3) is 0.381. The molecule has 6 heteroatoms. The number of rotatable bonds is 6. The predicted molar refractivity (Wildman–Crippen MR) is 113 cm³/mol. The summed E-state index contributed by atoms with van der Waals surface area (Å²) in [6.45, 7) is 2.67. The van der Waals surface area contributed by atoms with Gasteiger partial charge in [0.1, 0.15) is 0 Å². The average molecular weight is 406 g/mol. The van der Waals surface area contributed by atoms with Gasteiger partial charge < -0.3 is 10.2 Å². The summed E-state index contributed by atoms with van der Waals surface area (Å²) in [5, 5.41) is 3.90. The second-order valence-corrected chi connectivity index (χ2v) is 7.90. The molecule has 1 amide bonds. The van der Waals surface area contributed by atoms with Crippen molar-refractivity contribution in [1.29, 1.82) is 0 Å². The van der Waals surface area contributed by atoms with Crippen LogP contribution < -0.4 is 10.2 Å². The first-order valence-electron chi connectivity index (χ1n) is 9.20. The van der Waals surface area contributed by atoms with Gasteiger partial charge >= 0.3 is 0 Å². The van der Waals surface area contributed by atoms with Gasteiger partial charge in [-0.05, 0) is 61.8 Å². The van der Waals surface area contributed by atoms with E-state index in [4.69, 9.17) is 23.2 Å². The van der Waals surface area contributed by atoms with E-state index >= 15 is 0 Å². The van der Waals surface area contributed by atoms with Crippen molar-refractivity contribution < 1.29 is 4.79 Å². The SMILES string of the molecule is CN(C)c1ccc([C@@H](CNC(=O)c2ccc(Cl)c(Cl)c2)N2CCCC2)cc1. The number of carbonyl (C=O) groups is 1. The number of nitrogens with zero attached hydrogens (tertiary/aromatic N) is 2. The van der Waals surface area contributed by atoms with Crippen molar-refractivity contribution in [2.45, 2.75) is 18.9 Å². The molecule has 3 rings (SSSR count). The van der Waals surface area contributed by atoms with E-state index in [0.717, 1.165) is 13.1 Å². The lowest BCUT2D eigenvalue weighted by molar-refractivity contribution is 0.0938. The highest BCUT2D eigenvalue weighted by atomic mass is 35.5. The van der Waals surface area contributed by atoms with E-state index in [2.05, 4.69) is 39.4 Å². The van der Waals surface area contributed by atoms with Gasteiger partial charge in [-0.15, -0.1) is 0 Å². The van der Waals surface area contributed by atoms with Crippen LogP contribution in [0.3, 0.4) is 0 Å². The summed E-state index contributed by atoms with van der Waals surface area (Å²) in [5.74, 6) is -0.136. The lowest BCUT2D eigenvalue weighted by Gasteiger charge is -2.28. The third-order valence-electron chi connectivity index (χ3n) is 5.01. The van der Waals surface area contributed by atoms with Gasteiger partial charge in [-0.1, -0.05) is 35.3 Å². The summed E-state index contributed by atoms with van der Waals surface area (Å²) in [5.41, 5.74) is 2.91. The minimum Gasteiger partial charge on any atom is -0.378 e.